The van der Waals surface area contributed by atoms with Gasteiger partial charge in [0.05, 0.1) is 17.0 Å². The molecule has 180 valence electrons. The Morgan fingerprint density at radius 3 is 2.18 bits per heavy atom. The minimum atomic E-state index is -3.85. The zero-order chi connectivity index (χ0) is 24.7. The van der Waals surface area contributed by atoms with E-state index in [1.807, 2.05) is 37.3 Å². The number of sulfonamides is 1. The second-order valence-corrected chi connectivity index (χ2v) is 10.4. The van der Waals surface area contributed by atoms with E-state index in [1.165, 1.54) is 16.4 Å². The molecular weight excluding hydrogens is 472 g/mol. The third-order valence-electron chi connectivity index (χ3n) is 5.45. The summed E-state index contributed by atoms with van der Waals surface area (Å²) in [5.74, 6) is -0.297. The van der Waals surface area contributed by atoms with Crippen LogP contribution in [0.2, 0.25) is 5.02 Å². The average Bonchev–Trinajstić information content (AvgIpc) is 2.83. The van der Waals surface area contributed by atoms with Crippen LogP contribution < -0.4 is 5.32 Å². The molecule has 3 aromatic carbocycles. The molecule has 0 saturated carbocycles. The number of hydrogen-bond acceptors (Lipinski definition) is 4. The van der Waals surface area contributed by atoms with Gasteiger partial charge in [0.25, 0.3) is 5.91 Å². The minimum Gasteiger partial charge on any atom is -0.392 e. The Morgan fingerprint density at radius 2 is 1.62 bits per heavy atom. The van der Waals surface area contributed by atoms with Gasteiger partial charge in [-0.1, -0.05) is 61.0 Å². The van der Waals surface area contributed by atoms with E-state index in [9.17, 15) is 18.3 Å². The quantitative estimate of drug-likeness (QED) is 0.419. The first kappa shape index (κ1) is 25.9. The Morgan fingerprint density at radius 1 is 1.00 bits per heavy atom. The summed E-state index contributed by atoms with van der Waals surface area (Å²) in [5, 5.41) is 12.5. The van der Waals surface area contributed by atoms with Crippen molar-refractivity contribution in [3.05, 3.63) is 101 Å². The van der Waals surface area contributed by atoms with Crippen LogP contribution >= 0.6 is 11.6 Å². The molecule has 0 spiro atoms. The van der Waals surface area contributed by atoms with Gasteiger partial charge in [-0.3, -0.25) is 4.79 Å². The summed E-state index contributed by atoms with van der Waals surface area (Å²) < 4.78 is 29.0. The van der Waals surface area contributed by atoms with E-state index in [0.29, 0.717) is 17.0 Å². The second kappa shape index (κ2) is 11.6. The van der Waals surface area contributed by atoms with Gasteiger partial charge in [0.15, 0.2) is 0 Å². The van der Waals surface area contributed by atoms with Crippen LogP contribution in [0.25, 0.3) is 0 Å². The molecule has 0 aliphatic carbocycles. The summed E-state index contributed by atoms with van der Waals surface area (Å²) in [6.45, 7) is 3.84. The van der Waals surface area contributed by atoms with Gasteiger partial charge < -0.3 is 10.4 Å². The first-order chi connectivity index (χ1) is 16.2. The van der Waals surface area contributed by atoms with Crippen molar-refractivity contribution in [3.8, 4) is 0 Å². The topological polar surface area (TPSA) is 86.7 Å². The maximum atomic E-state index is 13.7. The molecule has 0 fully saturated rings. The van der Waals surface area contributed by atoms with Crippen molar-refractivity contribution in [2.45, 2.75) is 43.9 Å². The van der Waals surface area contributed by atoms with Crippen LogP contribution in [0.3, 0.4) is 0 Å². The van der Waals surface area contributed by atoms with E-state index < -0.39 is 16.1 Å². The molecule has 2 atom stereocenters. The Balaban J connectivity index is 1.94. The fourth-order valence-corrected chi connectivity index (χ4v) is 5.47. The van der Waals surface area contributed by atoms with Gasteiger partial charge in [-0.05, 0) is 60.9 Å². The van der Waals surface area contributed by atoms with E-state index >= 15 is 0 Å². The van der Waals surface area contributed by atoms with Crippen molar-refractivity contribution in [2.24, 2.45) is 0 Å². The zero-order valence-corrected chi connectivity index (χ0v) is 20.8. The van der Waals surface area contributed by atoms with Crippen molar-refractivity contribution in [1.29, 1.82) is 0 Å². The standard InChI is InChI=1S/C26H29ClN2O4S/c1-3-25(21-7-5-4-6-8-21)29(34(32,33)24-15-13-23(27)14-16-24)18-20-9-11-22(12-10-20)26(31)28-17-19(2)30/h4-16,19,25,30H,3,17-18H2,1-2H3,(H,28,31)/t19-,25?/m1/s1. The summed E-state index contributed by atoms with van der Waals surface area (Å²) in [6, 6.07) is 22.1. The summed E-state index contributed by atoms with van der Waals surface area (Å²) >= 11 is 5.98. The summed E-state index contributed by atoms with van der Waals surface area (Å²) in [7, 11) is -3.85. The van der Waals surface area contributed by atoms with E-state index in [2.05, 4.69) is 5.32 Å². The molecule has 0 heterocycles. The van der Waals surface area contributed by atoms with Crippen molar-refractivity contribution >= 4 is 27.5 Å². The maximum Gasteiger partial charge on any atom is 0.251 e. The van der Waals surface area contributed by atoms with Crippen LogP contribution in [0.15, 0.2) is 83.8 Å². The van der Waals surface area contributed by atoms with Gasteiger partial charge in [-0.25, -0.2) is 8.42 Å². The molecule has 8 heteroatoms. The molecule has 0 aliphatic rings. The molecule has 3 aromatic rings. The van der Waals surface area contributed by atoms with E-state index in [-0.39, 0.29) is 29.9 Å². The molecule has 0 aliphatic heterocycles. The lowest BCUT2D eigenvalue weighted by Crippen LogP contribution is -2.34. The highest BCUT2D eigenvalue weighted by atomic mass is 35.5. The molecule has 3 rings (SSSR count). The highest BCUT2D eigenvalue weighted by Crippen LogP contribution is 2.32. The minimum absolute atomic E-state index is 0.133. The lowest BCUT2D eigenvalue weighted by molar-refractivity contribution is 0.0924. The van der Waals surface area contributed by atoms with Crippen molar-refractivity contribution in [3.63, 3.8) is 0 Å². The third kappa shape index (κ3) is 6.45. The smallest absolute Gasteiger partial charge is 0.251 e. The molecule has 0 bridgehead atoms. The number of rotatable bonds is 10. The monoisotopic (exact) mass is 500 g/mol. The Labute approximate surface area is 206 Å². The number of hydrogen-bond donors (Lipinski definition) is 2. The van der Waals surface area contributed by atoms with E-state index in [1.54, 1.807) is 43.3 Å². The number of nitrogens with one attached hydrogen (secondary N) is 1. The molecular formula is C26H29ClN2O4S. The molecule has 1 amide bonds. The van der Waals surface area contributed by atoms with Crippen LogP contribution in [-0.2, 0) is 16.6 Å². The summed E-state index contributed by atoms with van der Waals surface area (Å²) in [5.41, 5.74) is 2.09. The molecule has 6 nitrogen and oxygen atoms in total. The first-order valence-electron chi connectivity index (χ1n) is 11.1. The first-order valence-corrected chi connectivity index (χ1v) is 12.9. The number of aliphatic hydroxyl groups is 1. The molecule has 1 unspecified atom stereocenters. The predicted molar refractivity (Wildman–Crippen MR) is 134 cm³/mol. The van der Waals surface area contributed by atoms with Crippen molar-refractivity contribution in [1.82, 2.24) is 9.62 Å². The van der Waals surface area contributed by atoms with Crippen LogP contribution in [-0.4, -0.2) is 36.4 Å². The Hall–Kier alpha value is -2.71. The Kier molecular flexibility index (Phi) is 8.85. The van der Waals surface area contributed by atoms with Crippen LogP contribution in [0, 0.1) is 0 Å². The molecule has 34 heavy (non-hydrogen) atoms. The van der Waals surface area contributed by atoms with E-state index in [0.717, 1.165) is 11.1 Å². The fraction of sp³-hybridized carbons (Fsp3) is 0.269. The second-order valence-electron chi connectivity index (χ2n) is 8.09. The lowest BCUT2D eigenvalue weighted by Gasteiger charge is -2.31. The molecule has 0 radical (unpaired) electrons. The number of aliphatic hydroxyl groups excluding tert-OH is 1. The van der Waals surface area contributed by atoms with Gasteiger partial charge in [0.2, 0.25) is 10.0 Å². The number of carbonyl (C=O) groups excluding carboxylic acids is 1. The van der Waals surface area contributed by atoms with Crippen molar-refractivity contribution in [2.75, 3.05) is 6.54 Å². The molecule has 2 N–H and O–H groups in total. The number of carbonyl (C=O) groups is 1. The van der Waals surface area contributed by atoms with Gasteiger partial charge in [-0.2, -0.15) is 4.31 Å². The number of nitrogens with zero attached hydrogens (tertiary/aromatic N) is 1. The summed E-state index contributed by atoms with van der Waals surface area (Å²) in [6.07, 6.45) is -0.0600. The third-order valence-corrected chi connectivity index (χ3v) is 7.57. The van der Waals surface area contributed by atoms with Crippen molar-refractivity contribution < 1.29 is 18.3 Å². The van der Waals surface area contributed by atoms with Crippen LogP contribution in [0.5, 0.6) is 0 Å². The molecule has 0 aromatic heterocycles. The zero-order valence-electron chi connectivity index (χ0n) is 19.2. The highest BCUT2D eigenvalue weighted by Gasteiger charge is 2.31. The SMILES string of the molecule is CCC(c1ccccc1)N(Cc1ccc(C(=O)NC[C@@H](C)O)cc1)S(=O)(=O)c1ccc(Cl)cc1. The normalized spacial score (nSPS) is 13.4. The van der Waals surface area contributed by atoms with Gasteiger partial charge in [-0.15, -0.1) is 0 Å². The van der Waals surface area contributed by atoms with Crippen LogP contribution in [0.4, 0.5) is 0 Å². The predicted octanol–water partition coefficient (Wildman–Crippen LogP) is 4.79. The largest absolute Gasteiger partial charge is 0.392 e. The van der Waals surface area contributed by atoms with Crippen LogP contribution in [0.1, 0.15) is 47.8 Å². The fourth-order valence-electron chi connectivity index (χ4n) is 3.67. The van der Waals surface area contributed by atoms with Gasteiger partial charge in [0.1, 0.15) is 0 Å². The maximum absolute atomic E-state index is 13.7. The average molecular weight is 501 g/mol. The van der Waals surface area contributed by atoms with E-state index in [4.69, 9.17) is 11.6 Å². The number of benzene rings is 3. The number of halogens is 1. The number of amides is 1. The lowest BCUT2D eigenvalue weighted by atomic mass is 10.0. The highest BCUT2D eigenvalue weighted by molar-refractivity contribution is 7.89. The molecule has 0 saturated heterocycles. The van der Waals surface area contributed by atoms with Gasteiger partial charge >= 0.3 is 0 Å². The summed E-state index contributed by atoms with van der Waals surface area (Å²) in [4.78, 5) is 12.4. The Bertz CT molecular complexity index is 1180. The van der Waals surface area contributed by atoms with Gasteiger partial charge in [0, 0.05) is 23.7 Å².